The van der Waals surface area contributed by atoms with Crippen LogP contribution in [0.1, 0.15) is 0 Å². The van der Waals surface area contributed by atoms with Gasteiger partial charge in [-0.05, 0) is 0 Å². The van der Waals surface area contributed by atoms with Gasteiger partial charge in [-0.15, -0.1) is 0 Å². The molecule has 0 aliphatic heterocycles. The SMILES string of the molecule is Nc1c(F)c(F)c(O)c(F)c1F. The normalized spacial score (nSPS) is 10.3. The first-order chi connectivity index (χ1) is 5.46. The lowest BCUT2D eigenvalue weighted by Gasteiger charge is -2.03. The van der Waals surface area contributed by atoms with E-state index in [1.165, 1.54) is 0 Å². The lowest BCUT2D eigenvalue weighted by molar-refractivity contribution is 0.359. The third-order valence-electron chi connectivity index (χ3n) is 1.27. The molecule has 1 rings (SSSR count). The second kappa shape index (κ2) is 2.54. The Balaban J connectivity index is 3.60. The fourth-order valence-electron chi connectivity index (χ4n) is 0.637. The average molecular weight is 181 g/mol. The van der Waals surface area contributed by atoms with Crippen LogP contribution in [0.2, 0.25) is 0 Å². The van der Waals surface area contributed by atoms with E-state index in [4.69, 9.17) is 5.11 Å². The molecule has 1 aromatic rings. The molecule has 6 heteroatoms. The molecule has 0 unspecified atom stereocenters. The first-order valence-electron chi connectivity index (χ1n) is 2.77. The molecular formula is C6H3F4NO. The van der Waals surface area contributed by atoms with E-state index in [2.05, 4.69) is 5.73 Å². The molecule has 0 heterocycles. The molecule has 0 spiro atoms. The highest BCUT2D eigenvalue weighted by molar-refractivity contribution is 5.46. The van der Waals surface area contributed by atoms with Crippen molar-refractivity contribution in [1.29, 1.82) is 0 Å². The van der Waals surface area contributed by atoms with Crippen LogP contribution in [0.25, 0.3) is 0 Å². The maximum Gasteiger partial charge on any atom is 0.205 e. The van der Waals surface area contributed by atoms with Gasteiger partial charge in [0.2, 0.25) is 11.6 Å². The number of nitrogens with two attached hydrogens (primary N) is 1. The summed E-state index contributed by atoms with van der Waals surface area (Å²) in [5, 5.41) is 8.41. The van der Waals surface area contributed by atoms with Gasteiger partial charge in [0.25, 0.3) is 0 Å². The van der Waals surface area contributed by atoms with Gasteiger partial charge in [0.05, 0.1) is 0 Å². The maximum absolute atomic E-state index is 12.4. The minimum Gasteiger partial charge on any atom is -0.503 e. The zero-order valence-electron chi connectivity index (χ0n) is 5.54. The van der Waals surface area contributed by atoms with E-state index in [0.29, 0.717) is 0 Å². The maximum atomic E-state index is 12.4. The molecule has 0 bridgehead atoms. The Kier molecular flexibility index (Phi) is 1.83. The van der Waals surface area contributed by atoms with Crippen LogP contribution in [-0.2, 0) is 0 Å². The van der Waals surface area contributed by atoms with Gasteiger partial charge in [-0.25, -0.2) is 8.78 Å². The van der Waals surface area contributed by atoms with Crippen molar-refractivity contribution in [1.82, 2.24) is 0 Å². The summed E-state index contributed by atoms with van der Waals surface area (Å²) in [6, 6.07) is 0. The van der Waals surface area contributed by atoms with E-state index in [1.54, 1.807) is 0 Å². The van der Waals surface area contributed by atoms with Crippen molar-refractivity contribution in [2.24, 2.45) is 0 Å². The molecule has 0 saturated carbocycles. The van der Waals surface area contributed by atoms with Gasteiger partial charge in [-0.2, -0.15) is 8.78 Å². The largest absolute Gasteiger partial charge is 0.503 e. The summed E-state index contributed by atoms with van der Waals surface area (Å²) in [6.07, 6.45) is 0. The summed E-state index contributed by atoms with van der Waals surface area (Å²) in [6.45, 7) is 0. The molecule has 0 amide bonds. The van der Waals surface area contributed by atoms with E-state index >= 15 is 0 Å². The summed E-state index contributed by atoms with van der Waals surface area (Å²) in [5.74, 6) is -9.10. The predicted molar refractivity (Wildman–Crippen MR) is 32.4 cm³/mol. The third kappa shape index (κ3) is 0.956. The van der Waals surface area contributed by atoms with Crippen molar-refractivity contribution in [3.05, 3.63) is 23.3 Å². The lowest BCUT2D eigenvalue weighted by atomic mass is 10.2. The number of aromatic hydroxyl groups is 1. The molecule has 12 heavy (non-hydrogen) atoms. The van der Waals surface area contributed by atoms with Crippen LogP contribution in [0.3, 0.4) is 0 Å². The van der Waals surface area contributed by atoms with Gasteiger partial charge in [-0.1, -0.05) is 0 Å². The molecule has 0 aliphatic carbocycles. The number of rotatable bonds is 0. The van der Waals surface area contributed by atoms with Gasteiger partial charge in [-0.3, -0.25) is 0 Å². The highest BCUT2D eigenvalue weighted by Gasteiger charge is 2.22. The summed E-state index contributed by atoms with van der Waals surface area (Å²) in [4.78, 5) is 0. The molecule has 1 aromatic carbocycles. The number of benzene rings is 1. The Morgan fingerprint density at radius 3 is 1.50 bits per heavy atom. The Morgan fingerprint density at radius 2 is 1.17 bits per heavy atom. The molecule has 0 atom stereocenters. The van der Waals surface area contributed by atoms with Crippen molar-refractivity contribution in [3.8, 4) is 5.75 Å². The predicted octanol–water partition coefficient (Wildman–Crippen LogP) is 1.53. The van der Waals surface area contributed by atoms with Crippen LogP contribution >= 0.6 is 0 Å². The van der Waals surface area contributed by atoms with Crippen LogP contribution in [0.5, 0.6) is 5.75 Å². The van der Waals surface area contributed by atoms with Gasteiger partial charge >= 0.3 is 0 Å². The van der Waals surface area contributed by atoms with Crippen molar-refractivity contribution in [2.75, 3.05) is 5.73 Å². The van der Waals surface area contributed by atoms with E-state index in [0.717, 1.165) is 0 Å². The van der Waals surface area contributed by atoms with E-state index < -0.39 is 34.7 Å². The number of halogens is 4. The number of anilines is 1. The minimum absolute atomic E-state index is 1.29. The Hall–Kier alpha value is -1.46. The van der Waals surface area contributed by atoms with Gasteiger partial charge in [0.1, 0.15) is 5.69 Å². The average Bonchev–Trinajstić information content (AvgIpc) is 2.08. The monoisotopic (exact) mass is 181 g/mol. The number of phenols is 1. The standard InChI is InChI=1S/C6H3F4NO/c7-1-3(9)6(12)4(10)2(8)5(1)11/h12H,11H2. The van der Waals surface area contributed by atoms with Gasteiger partial charge < -0.3 is 10.8 Å². The van der Waals surface area contributed by atoms with Crippen molar-refractivity contribution < 1.29 is 22.7 Å². The Morgan fingerprint density at radius 1 is 0.833 bits per heavy atom. The van der Waals surface area contributed by atoms with Crippen LogP contribution < -0.4 is 5.73 Å². The first-order valence-corrected chi connectivity index (χ1v) is 2.77. The van der Waals surface area contributed by atoms with E-state index in [-0.39, 0.29) is 0 Å². The third-order valence-corrected chi connectivity index (χ3v) is 1.27. The van der Waals surface area contributed by atoms with Gasteiger partial charge in [0.15, 0.2) is 17.4 Å². The topological polar surface area (TPSA) is 46.2 Å². The number of hydrogen-bond acceptors (Lipinski definition) is 2. The fourth-order valence-corrected chi connectivity index (χ4v) is 0.637. The highest BCUT2D eigenvalue weighted by atomic mass is 19.2. The highest BCUT2D eigenvalue weighted by Crippen LogP contribution is 2.29. The zero-order chi connectivity index (χ0) is 9.46. The van der Waals surface area contributed by atoms with Crippen LogP contribution in [0.15, 0.2) is 0 Å². The molecule has 0 saturated heterocycles. The molecule has 0 radical (unpaired) electrons. The quantitative estimate of drug-likeness (QED) is 0.276. The first kappa shape index (κ1) is 8.63. The van der Waals surface area contributed by atoms with Crippen molar-refractivity contribution >= 4 is 5.69 Å². The minimum atomic E-state index is -1.90. The molecule has 2 nitrogen and oxygen atoms in total. The van der Waals surface area contributed by atoms with Crippen molar-refractivity contribution in [2.45, 2.75) is 0 Å². The summed E-state index contributed by atoms with van der Waals surface area (Å²) in [5.41, 5.74) is 3.32. The van der Waals surface area contributed by atoms with E-state index in [1.807, 2.05) is 0 Å². The fraction of sp³-hybridized carbons (Fsp3) is 0. The second-order valence-corrected chi connectivity index (χ2v) is 2.02. The summed E-state index contributed by atoms with van der Waals surface area (Å²) < 4.78 is 49.4. The summed E-state index contributed by atoms with van der Waals surface area (Å²) >= 11 is 0. The Labute approximate surface area is 64.2 Å². The van der Waals surface area contributed by atoms with Gasteiger partial charge in [0, 0.05) is 0 Å². The molecule has 0 aliphatic rings. The molecular weight excluding hydrogens is 178 g/mol. The van der Waals surface area contributed by atoms with Crippen molar-refractivity contribution in [3.63, 3.8) is 0 Å². The summed E-state index contributed by atoms with van der Waals surface area (Å²) in [7, 11) is 0. The Bertz CT molecular complexity index is 234. The lowest BCUT2D eigenvalue weighted by Crippen LogP contribution is -2.02. The number of nitrogen functional groups attached to an aromatic ring is 1. The van der Waals surface area contributed by atoms with Crippen LogP contribution in [-0.4, -0.2) is 5.11 Å². The molecule has 66 valence electrons. The van der Waals surface area contributed by atoms with Crippen LogP contribution in [0.4, 0.5) is 23.2 Å². The van der Waals surface area contributed by atoms with E-state index in [9.17, 15) is 17.6 Å². The van der Waals surface area contributed by atoms with Crippen LogP contribution in [0, 0.1) is 23.3 Å². The zero-order valence-corrected chi connectivity index (χ0v) is 5.54. The number of phenolic OH excluding ortho intramolecular Hbond substituents is 1. The molecule has 0 fully saturated rings. The number of hydrogen-bond donors (Lipinski definition) is 2. The molecule has 0 aromatic heterocycles. The molecule has 3 N–H and O–H groups in total. The second-order valence-electron chi connectivity index (χ2n) is 2.02. The smallest absolute Gasteiger partial charge is 0.205 e.